The molecule has 0 bridgehead atoms. The number of Topliss-reactive ketones (excluding diaryl/α,β-unsaturated/α-hetero) is 1. The van der Waals surface area contributed by atoms with Crippen LogP contribution < -0.4 is 4.72 Å². The van der Waals surface area contributed by atoms with E-state index in [1.807, 2.05) is 13.8 Å². The predicted octanol–water partition coefficient (Wildman–Crippen LogP) is 1.97. The van der Waals surface area contributed by atoms with Crippen molar-refractivity contribution in [1.29, 1.82) is 0 Å². The van der Waals surface area contributed by atoms with Crippen molar-refractivity contribution in [2.75, 3.05) is 13.2 Å². The van der Waals surface area contributed by atoms with Crippen molar-refractivity contribution in [3.63, 3.8) is 0 Å². The summed E-state index contributed by atoms with van der Waals surface area (Å²) in [6.07, 6.45) is 1.37. The van der Waals surface area contributed by atoms with Crippen LogP contribution in [-0.2, 0) is 10.0 Å². The highest BCUT2D eigenvalue weighted by Gasteiger charge is 2.22. The van der Waals surface area contributed by atoms with Gasteiger partial charge in [-0.15, -0.1) is 0 Å². The van der Waals surface area contributed by atoms with Crippen LogP contribution in [0.5, 0.6) is 0 Å². The summed E-state index contributed by atoms with van der Waals surface area (Å²) in [6, 6.07) is 5.88. The number of benzene rings is 1. The second kappa shape index (κ2) is 7.15. The lowest BCUT2D eigenvalue weighted by molar-refractivity contribution is 0.101. The summed E-state index contributed by atoms with van der Waals surface area (Å²) in [4.78, 5) is 11.3. The van der Waals surface area contributed by atoms with E-state index >= 15 is 0 Å². The lowest BCUT2D eigenvalue weighted by Crippen LogP contribution is -2.34. The minimum atomic E-state index is -3.58. The number of hydrogen-bond acceptors (Lipinski definition) is 4. The van der Waals surface area contributed by atoms with Crippen molar-refractivity contribution in [3.8, 4) is 0 Å². The zero-order valence-corrected chi connectivity index (χ0v) is 13.5. The van der Waals surface area contributed by atoms with Crippen LogP contribution in [0.1, 0.15) is 44.0 Å². The smallest absolute Gasteiger partial charge is 0.240 e. The van der Waals surface area contributed by atoms with E-state index in [1.54, 1.807) is 0 Å². The highest BCUT2D eigenvalue weighted by molar-refractivity contribution is 7.89. The first-order valence-electron chi connectivity index (χ1n) is 6.89. The van der Waals surface area contributed by atoms with E-state index in [2.05, 4.69) is 4.72 Å². The molecule has 118 valence electrons. The van der Waals surface area contributed by atoms with Gasteiger partial charge in [0.25, 0.3) is 0 Å². The van der Waals surface area contributed by atoms with Gasteiger partial charge in [0, 0.05) is 18.7 Å². The third-order valence-corrected chi connectivity index (χ3v) is 4.74. The fraction of sp³-hybridized carbons (Fsp3) is 0.533. The summed E-state index contributed by atoms with van der Waals surface area (Å²) < 4.78 is 27.0. The van der Waals surface area contributed by atoms with Crippen LogP contribution in [-0.4, -0.2) is 32.5 Å². The standard InChI is InChI=1S/C15H23NO4S/c1-12(18)13-5-7-14(8-6-13)21(19,20)16-11-15(2,3)9-4-10-17/h5-8,16-17H,4,9-11H2,1-3H3. The maximum absolute atomic E-state index is 12.2. The molecule has 6 heteroatoms. The average Bonchev–Trinajstić information content (AvgIpc) is 2.43. The molecule has 0 spiro atoms. The maximum Gasteiger partial charge on any atom is 0.240 e. The Morgan fingerprint density at radius 3 is 2.29 bits per heavy atom. The van der Waals surface area contributed by atoms with Crippen LogP contribution in [0, 0.1) is 5.41 Å². The fourth-order valence-electron chi connectivity index (χ4n) is 1.89. The highest BCUT2D eigenvalue weighted by atomic mass is 32.2. The molecule has 1 aromatic rings. The average molecular weight is 313 g/mol. The molecule has 0 unspecified atom stereocenters. The van der Waals surface area contributed by atoms with Gasteiger partial charge in [0.05, 0.1) is 4.90 Å². The molecule has 1 rings (SSSR count). The highest BCUT2D eigenvalue weighted by Crippen LogP contribution is 2.22. The minimum Gasteiger partial charge on any atom is -0.396 e. The summed E-state index contributed by atoms with van der Waals surface area (Å²) in [5.74, 6) is -0.1000. The first kappa shape index (κ1) is 17.8. The fourth-order valence-corrected chi connectivity index (χ4v) is 3.13. The van der Waals surface area contributed by atoms with E-state index in [-0.39, 0.29) is 22.7 Å². The summed E-state index contributed by atoms with van der Waals surface area (Å²) in [7, 11) is -3.58. The molecule has 0 saturated heterocycles. The largest absolute Gasteiger partial charge is 0.396 e. The molecule has 0 aliphatic heterocycles. The minimum absolute atomic E-state index is 0.0999. The zero-order chi connectivity index (χ0) is 16.1. The molecule has 0 aliphatic rings. The molecule has 0 fully saturated rings. The number of sulfonamides is 1. The molecule has 0 saturated carbocycles. The normalized spacial score (nSPS) is 12.4. The van der Waals surface area contributed by atoms with Crippen LogP contribution in [0.3, 0.4) is 0 Å². The van der Waals surface area contributed by atoms with Gasteiger partial charge in [0.15, 0.2) is 5.78 Å². The number of ketones is 1. The molecular formula is C15H23NO4S. The van der Waals surface area contributed by atoms with Crippen LogP contribution >= 0.6 is 0 Å². The van der Waals surface area contributed by atoms with Crippen LogP contribution in [0.25, 0.3) is 0 Å². The molecule has 0 heterocycles. The number of carbonyl (C=O) groups excluding carboxylic acids is 1. The molecular weight excluding hydrogens is 290 g/mol. The van der Waals surface area contributed by atoms with E-state index in [0.29, 0.717) is 18.5 Å². The lowest BCUT2D eigenvalue weighted by Gasteiger charge is -2.24. The topological polar surface area (TPSA) is 83.5 Å². The third kappa shape index (κ3) is 5.57. The molecule has 1 aromatic carbocycles. The van der Waals surface area contributed by atoms with Crippen LogP contribution in [0.15, 0.2) is 29.2 Å². The van der Waals surface area contributed by atoms with Gasteiger partial charge in [-0.3, -0.25) is 4.79 Å². The van der Waals surface area contributed by atoms with Crippen molar-refractivity contribution in [1.82, 2.24) is 4.72 Å². The van der Waals surface area contributed by atoms with E-state index < -0.39 is 10.0 Å². The summed E-state index contributed by atoms with van der Waals surface area (Å²) in [6.45, 7) is 5.73. The molecule has 2 N–H and O–H groups in total. The Morgan fingerprint density at radius 1 is 1.24 bits per heavy atom. The second-order valence-electron chi connectivity index (χ2n) is 5.90. The van der Waals surface area contributed by atoms with Gasteiger partial charge in [-0.2, -0.15) is 0 Å². The second-order valence-corrected chi connectivity index (χ2v) is 7.66. The van der Waals surface area contributed by atoms with Crippen molar-refractivity contribution in [2.45, 2.75) is 38.5 Å². The maximum atomic E-state index is 12.2. The molecule has 0 aliphatic carbocycles. The Hall–Kier alpha value is -1.24. The summed E-state index contributed by atoms with van der Waals surface area (Å²) in [5, 5.41) is 8.84. The monoisotopic (exact) mass is 313 g/mol. The molecule has 0 atom stereocenters. The number of carbonyl (C=O) groups is 1. The first-order valence-corrected chi connectivity index (χ1v) is 8.38. The van der Waals surface area contributed by atoms with Gasteiger partial charge >= 0.3 is 0 Å². The quantitative estimate of drug-likeness (QED) is 0.719. The van der Waals surface area contributed by atoms with Gasteiger partial charge in [0.1, 0.15) is 0 Å². The van der Waals surface area contributed by atoms with Gasteiger partial charge in [-0.05, 0) is 37.3 Å². The van der Waals surface area contributed by atoms with E-state index in [9.17, 15) is 13.2 Å². The molecule has 0 aromatic heterocycles. The van der Waals surface area contributed by atoms with E-state index in [1.165, 1.54) is 31.2 Å². The predicted molar refractivity (Wildman–Crippen MR) is 81.7 cm³/mol. The molecule has 0 amide bonds. The molecule has 5 nitrogen and oxygen atoms in total. The van der Waals surface area contributed by atoms with Gasteiger partial charge in [-0.25, -0.2) is 13.1 Å². The Labute approximate surface area is 126 Å². The van der Waals surface area contributed by atoms with E-state index in [0.717, 1.165) is 6.42 Å². The third-order valence-electron chi connectivity index (χ3n) is 3.32. The number of aliphatic hydroxyl groups excluding tert-OH is 1. The number of hydrogen-bond donors (Lipinski definition) is 2. The number of aliphatic hydroxyl groups is 1. The molecule has 0 radical (unpaired) electrons. The summed E-state index contributed by atoms with van der Waals surface area (Å²) >= 11 is 0. The van der Waals surface area contributed by atoms with Gasteiger partial charge in [0.2, 0.25) is 10.0 Å². The lowest BCUT2D eigenvalue weighted by atomic mass is 9.88. The Kier molecular flexibility index (Phi) is 6.07. The SMILES string of the molecule is CC(=O)c1ccc(S(=O)(=O)NCC(C)(C)CCCO)cc1. The Bertz CT molecular complexity index is 576. The van der Waals surface area contributed by atoms with E-state index in [4.69, 9.17) is 5.11 Å². The Balaban J connectivity index is 2.75. The molecule has 21 heavy (non-hydrogen) atoms. The zero-order valence-electron chi connectivity index (χ0n) is 12.7. The summed E-state index contributed by atoms with van der Waals surface area (Å²) in [5.41, 5.74) is 0.256. The van der Waals surface area contributed by atoms with Gasteiger partial charge < -0.3 is 5.11 Å². The van der Waals surface area contributed by atoms with Gasteiger partial charge in [-0.1, -0.05) is 26.0 Å². The number of rotatable bonds is 8. The van der Waals surface area contributed by atoms with Crippen LogP contribution in [0.2, 0.25) is 0 Å². The van der Waals surface area contributed by atoms with Crippen LogP contribution in [0.4, 0.5) is 0 Å². The van der Waals surface area contributed by atoms with Crippen molar-refractivity contribution in [3.05, 3.63) is 29.8 Å². The Morgan fingerprint density at radius 2 is 1.81 bits per heavy atom. The van der Waals surface area contributed by atoms with Crippen molar-refractivity contribution >= 4 is 15.8 Å². The van der Waals surface area contributed by atoms with Crippen molar-refractivity contribution in [2.24, 2.45) is 5.41 Å². The first-order chi connectivity index (χ1) is 9.68. The van der Waals surface area contributed by atoms with Crippen molar-refractivity contribution < 1.29 is 18.3 Å². The number of nitrogens with one attached hydrogen (secondary N) is 1.